The SMILES string of the molecule is CC(C)(C)OC(=O)n1c(I)nc2ccccc21. The Kier molecular flexibility index (Phi) is 3.11. The molecule has 1 heterocycles. The zero-order chi connectivity index (χ0) is 12.6. The molecule has 5 heteroatoms. The molecule has 0 unspecified atom stereocenters. The van der Waals surface area contributed by atoms with Crippen LogP contribution in [-0.4, -0.2) is 21.2 Å². The van der Waals surface area contributed by atoms with E-state index in [-0.39, 0.29) is 0 Å². The van der Waals surface area contributed by atoms with Crippen LogP contribution in [-0.2, 0) is 4.74 Å². The lowest BCUT2D eigenvalue weighted by atomic mass is 10.2. The highest BCUT2D eigenvalue weighted by Crippen LogP contribution is 2.19. The average Bonchev–Trinajstić information content (AvgIpc) is 2.50. The van der Waals surface area contributed by atoms with Crippen molar-refractivity contribution in [2.45, 2.75) is 26.4 Å². The Labute approximate surface area is 113 Å². The number of fused-ring (bicyclic) bond motifs is 1. The van der Waals surface area contributed by atoms with E-state index in [1.165, 1.54) is 4.57 Å². The van der Waals surface area contributed by atoms with Crippen LogP contribution in [0, 0.1) is 3.83 Å². The van der Waals surface area contributed by atoms with Gasteiger partial charge in [0.1, 0.15) is 5.60 Å². The molecule has 1 aromatic heterocycles. The van der Waals surface area contributed by atoms with Crippen molar-refractivity contribution < 1.29 is 9.53 Å². The first-order valence-electron chi connectivity index (χ1n) is 5.25. The van der Waals surface area contributed by atoms with Gasteiger partial charge in [-0.15, -0.1) is 0 Å². The van der Waals surface area contributed by atoms with Gasteiger partial charge < -0.3 is 4.74 Å². The molecule has 0 amide bonds. The van der Waals surface area contributed by atoms with Gasteiger partial charge in [0.2, 0.25) is 0 Å². The third-order valence-electron chi connectivity index (χ3n) is 2.10. The minimum absolute atomic E-state index is 0.393. The van der Waals surface area contributed by atoms with Gasteiger partial charge in [-0.2, -0.15) is 0 Å². The quantitative estimate of drug-likeness (QED) is 0.688. The summed E-state index contributed by atoms with van der Waals surface area (Å²) < 4.78 is 7.45. The lowest BCUT2D eigenvalue weighted by Gasteiger charge is -2.19. The smallest absolute Gasteiger partial charge is 0.421 e. The van der Waals surface area contributed by atoms with Crippen molar-refractivity contribution in [1.82, 2.24) is 9.55 Å². The molecule has 0 bridgehead atoms. The first-order valence-corrected chi connectivity index (χ1v) is 6.33. The van der Waals surface area contributed by atoms with Gasteiger partial charge in [0.15, 0.2) is 3.83 Å². The fourth-order valence-electron chi connectivity index (χ4n) is 1.48. The lowest BCUT2D eigenvalue weighted by molar-refractivity contribution is 0.0539. The Hall–Kier alpha value is -1.11. The molecular formula is C12H13IN2O2. The van der Waals surface area contributed by atoms with Crippen molar-refractivity contribution in [3.8, 4) is 0 Å². The zero-order valence-corrected chi connectivity index (χ0v) is 12.1. The number of carbonyl (C=O) groups excluding carboxylic acids is 1. The molecule has 0 fully saturated rings. The summed E-state index contributed by atoms with van der Waals surface area (Å²) in [7, 11) is 0. The fourth-order valence-corrected chi connectivity index (χ4v) is 2.19. The molecule has 0 spiro atoms. The summed E-state index contributed by atoms with van der Waals surface area (Å²) in [5, 5.41) is 0. The molecular weight excluding hydrogens is 331 g/mol. The Balaban J connectivity index is 2.48. The summed E-state index contributed by atoms with van der Waals surface area (Å²) in [4.78, 5) is 16.4. The minimum atomic E-state index is -0.508. The van der Waals surface area contributed by atoms with E-state index >= 15 is 0 Å². The standard InChI is InChI=1S/C12H13IN2O2/c1-12(2,3)17-11(16)15-9-7-5-4-6-8(9)14-10(15)13/h4-7H,1-3H3. The van der Waals surface area contributed by atoms with E-state index in [1.54, 1.807) is 0 Å². The van der Waals surface area contributed by atoms with Gasteiger partial charge in [-0.3, -0.25) is 0 Å². The predicted octanol–water partition coefficient (Wildman–Crippen LogP) is 3.42. The maximum absolute atomic E-state index is 12.1. The second-order valence-electron chi connectivity index (χ2n) is 4.69. The number of halogens is 1. The average molecular weight is 344 g/mol. The number of para-hydroxylation sites is 2. The van der Waals surface area contributed by atoms with E-state index < -0.39 is 11.7 Å². The highest BCUT2D eigenvalue weighted by Gasteiger charge is 2.21. The van der Waals surface area contributed by atoms with Crippen molar-refractivity contribution >= 4 is 39.7 Å². The molecule has 0 aliphatic heterocycles. The summed E-state index contributed by atoms with van der Waals surface area (Å²) in [6, 6.07) is 7.50. The summed E-state index contributed by atoms with van der Waals surface area (Å²) in [6.45, 7) is 5.53. The van der Waals surface area contributed by atoms with Crippen molar-refractivity contribution in [3.63, 3.8) is 0 Å². The van der Waals surface area contributed by atoms with Crippen LogP contribution in [0.5, 0.6) is 0 Å². The van der Waals surface area contributed by atoms with Crippen LogP contribution >= 0.6 is 22.6 Å². The number of ether oxygens (including phenoxy) is 1. The van der Waals surface area contributed by atoms with Gasteiger partial charge in [0, 0.05) is 22.6 Å². The summed E-state index contributed by atoms with van der Waals surface area (Å²) in [5.41, 5.74) is 1.06. The Morgan fingerprint density at radius 3 is 2.65 bits per heavy atom. The maximum atomic E-state index is 12.1. The van der Waals surface area contributed by atoms with Crippen LogP contribution in [0.25, 0.3) is 11.0 Å². The Morgan fingerprint density at radius 1 is 1.35 bits per heavy atom. The molecule has 0 saturated heterocycles. The van der Waals surface area contributed by atoms with Gasteiger partial charge in [0.05, 0.1) is 11.0 Å². The highest BCUT2D eigenvalue weighted by atomic mass is 127. The molecule has 2 aromatic rings. The number of nitrogens with zero attached hydrogens (tertiary/aromatic N) is 2. The molecule has 0 saturated carbocycles. The van der Waals surface area contributed by atoms with Gasteiger partial charge in [-0.25, -0.2) is 14.3 Å². The lowest BCUT2D eigenvalue weighted by Crippen LogP contribution is -2.27. The van der Waals surface area contributed by atoms with Gasteiger partial charge in [-0.1, -0.05) is 12.1 Å². The van der Waals surface area contributed by atoms with Crippen LogP contribution in [0.4, 0.5) is 4.79 Å². The summed E-state index contributed by atoms with van der Waals surface area (Å²) in [6.07, 6.45) is -0.393. The van der Waals surface area contributed by atoms with Crippen LogP contribution in [0.3, 0.4) is 0 Å². The van der Waals surface area contributed by atoms with Crippen LogP contribution in [0.15, 0.2) is 24.3 Å². The molecule has 4 nitrogen and oxygen atoms in total. The van der Waals surface area contributed by atoms with Gasteiger partial charge >= 0.3 is 6.09 Å². The minimum Gasteiger partial charge on any atom is -0.443 e. The number of imidazole rings is 1. The molecule has 0 radical (unpaired) electrons. The number of hydrogen-bond acceptors (Lipinski definition) is 3. The number of hydrogen-bond donors (Lipinski definition) is 0. The number of benzene rings is 1. The molecule has 0 aliphatic rings. The third-order valence-corrected chi connectivity index (χ3v) is 2.82. The molecule has 0 N–H and O–H groups in total. The first kappa shape index (κ1) is 12.3. The van der Waals surface area contributed by atoms with E-state index in [0.717, 1.165) is 11.0 Å². The van der Waals surface area contributed by atoms with Crippen molar-refractivity contribution in [2.24, 2.45) is 0 Å². The van der Waals surface area contributed by atoms with Gasteiger partial charge in [0.25, 0.3) is 0 Å². The molecule has 90 valence electrons. The molecule has 0 aliphatic carbocycles. The number of aromatic nitrogens is 2. The topological polar surface area (TPSA) is 44.1 Å². The van der Waals surface area contributed by atoms with Crippen LogP contribution in [0.2, 0.25) is 0 Å². The van der Waals surface area contributed by atoms with Crippen LogP contribution in [0.1, 0.15) is 20.8 Å². The molecule has 1 aromatic carbocycles. The van der Waals surface area contributed by atoms with E-state index in [4.69, 9.17) is 4.74 Å². The van der Waals surface area contributed by atoms with E-state index in [2.05, 4.69) is 4.98 Å². The third kappa shape index (κ3) is 2.59. The van der Waals surface area contributed by atoms with Crippen LogP contribution < -0.4 is 0 Å². The maximum Gasteiger partial charge on any atom is 0.421 e. The Bertz CT molecular complexity index is 569. The van der Waals surface area contributed by atoms with Crippen molar-refractivity contribution in [2.75, 3.05) is 0 Å². The summed E-state index contributed by atoms with van der Waals surface area (Å²) >= 11 is 2.03. The van der Waals surface area contributed by atoms with Crippen molar-refractivity contribution in [3.05, 3.63) is 28.1 Å². The number of rotatable bonds is 0. The molecule has 0 atom stereocenters. The van der Waals surface area contributed by atoms with E-state index in [1.807, 2.05) is 67.6 Å². The van der Waals surface area contributed by atoms with Gasteiger partial charge in [-0.05, 0) is 32.9 Å². The van der Waals surface area contributed by atoms with Crippen molar-refractivity contribution in [1.29, 1.82) is 0 Å². The van der Waals surface area contributed by atoms with E-state index in [0.29, 0.717) is 3.83 Å². The highest BCUT2D eigenvalue weighted by molar-refractivity contribution is 14.1. The number of carbonyl (C=O) groups is 1. The first-order chi connectivity index (χ1) is 7.88. The second-order valence-corrected chi connectivity index (χ2v) is 5.65. The monoisotopic (exact) mass is 344 g/mol. The second kappa shape index (κ2) is 4.29. The fraction of sp³-hybridized carbons (Fsp3) is 0.333. The molecule has 17 heavy (non-hydrogen) atoms. The predicted molar refractivity (Wildman–Crippen MR) is 74.1 cm³/mol. The molecule has 2 rings (SSSR count). The normalized spacial score (nSPS) is 11.8. The van der Waals surface area contributed by atoms with E-state index in [9.17, 15) is 4.79 Å². The Morgan fingerprint density at radius 2 is 2.00 bits per heavy atom. The zero-order valence-electron chi connectivity index (χ0n) is 9.90. The summed E-state index contributed by atoms with van der Waals surface area (Å²) in [5.74, 6) is 0. The largest absolute Gasteiger partial charge is 0.443 e.